The van der Waals surface area contributed by atoms with Crippen molar-refractivity contribution in [2.45, 2.75) is 33.2 Å². The quantitative estimate of drug-likeness (QED) is 0.640. The van der Waals surface area contributed by atoms with Crippen LogP contribution >= 0.6 is 0 Å². The molecule has 1 unspecified atom stereocenters. The first kappa shape index (κ1) is 16.6. The maximum Gasteiger partial charge on any atom is 0.305 e. The molecule has 0 saturated heterocycles. The third-order valence-corrected chi connectivity index (χ3v) is 3.18. The molecule has 1 aromatic carbocycles. The van der Waals surface area contributed by atoms with Crippen molar-refractivity contribution >= 4 is 17.6 Å². The number of aliphatic carboxylic acids is 1. The number of carbonyl (C=O) groups excluding carboxylic acids is 1. The van der Waals surface area contributed by atoms with Gasteiger partial charge < -0.3 is 10.0 Å². The Kier molecular flexibility index (Phi) is 5.40. The molecule has 0 aromatic heterocycles. The van der Waals surface area contributed by atoms with Gasteiger partial charge in [-0.05, 0) is 32.4 Å². The lowest BCUT2D eigenvalue weighted by atomic mass is 10.1. The van der Waals surface area contributed by atoms with Gasteiger partial charge >= 0.3 is 5.97 Å². The van der Waals surface area contributed by atoms with Crippen LogP contribution in [0, 0.1) is 17.0 Å². The average Bonchev–Trinajstić information content (AvgIpc) is 2.37. The second kappa shape index (κ2) is 6.83. The number of carbonyl (C=O) groups is 2. The van der Waals surface area contributed by atoms with E-state index in [2.05, 4.69) is 0 Å². The summed E-state index contributed by atoms with van der Waals surface area (Å²) in [4.78, 5) is 35.0. The fraction of sp³-hybridized carbons (Fsp3) is 0.429. The molecule has 1 aromatic rings. The summed E-state index contributed by atoms with van der Waals surface area (Å²) in [6.07, 6.45) is -0.209. The zero-order valence-corrected chi connectivity index (χ0v) is 12.2. The molecule has 0 heterocycles. The molecule has 1 atom stereocenters. The second-order valence-electron chi connectivity index (χ2n) is 4.82. The minimum Gasteiger partial charge on any atom is -0.481 e. The minimum atomic E-state index is -1.02. The van der Waals surface area contributed by atoms with Crippen molar-refractivity contribution < 1.29 is 19.6 Å². The van der Waals surface area contributed by atoms with E-state index in [1.165, 1.54) is 17.0 Å². The summed E-state index contributed by atoms with van der Waals surface area (Å²) in [5, 5.41) is 19.9. The van der Waals surface area contributed by atoms with Gasteiger partial charge in [-0.2, -0.15) is 0 Å². The average molecular weight is 294 g/mol. The number of hydrogen-bond acceptors (Lipinski definition) is 4. The third-order valence-electron chi connectivity index (χ3n) is 3.18. The summed E-state index contributed by atoms with van der Waals surface area (Å²) in [5.41, 5.74) is 0.441. The number of rotatable bonds is 6. The van der Waals surface area contributed by atoms with Crippen LogP contribution in [0.3, 0.4) is 0 Å². The molecule has 0 radical (unpaired) electrons. The SMILES string of the molecule is CCN(C(=O)c1cc(C)ccc1[N+](=O)[O-])C(C)CC(=O)O. The van der Waals surface area contributed by atoms with E-state index < -0.39 is 22.8 Å². The third kappa shape index (κ3) is 4.01. The summed E-state index contributed by atoms with van der Waals surface area (Å²) in [5.74, 6) is -1.55. The lowest BCUT2D eigenvalue weighted by Crippen LogP contribution is -2.40. The molecule has 1 rings (SSSR count). The van der Waals surface area contributed by atoms with E-state index in [4.69, 9.17) is 5.11 Å². The van der Waals surface area contributed by atoms with Gasteiger partial charge in [0.1, 0.15) is 5.56 Å². The molecule has 1 N–H and O–H groups in total. The largest absolute Gasteiger partial charge is 0.481 e. The predicted octanol–water partition coefficient (Wildman–Crippen LogP) is 2.23. The molecule has 114 valence electrons. The van der Waals surface area contributed by atoms with Crippen LogP contribution in [0.1, 0.15) is 36.2 Å². The van der Waals surface area contributed by atoms with Crippen molar-refractivity contribution in [1.29, 1.82) is 0 Å². The summed E-state index contributed by atoms with van der Waals surface area (Å²) < 4.78 is 0. The number of nitro groups is 1. The van der Waals surface area contributed by atoms with E-state index in [0.717, 1.165) is 5.56 Å². The summed E-state index contributed by atoms with van der Waals surface area (Å²) in [6, 6.07) is 3.76. The van der Waals surface area contributed by atoms with Crippen molar-refractivity contribution in [3.8, 4) is 0 Å². The lowest BCUT2D eigenvalue weighted by molar-refractivity contribution is -0.385. The molecule has 0 aliphatic heterocycles. The Hall–Kier alpha value is -2.44. The molecule has 7 heteroatoms. The predicted molar refractivity (Wildman–Crippen MR) is 76.3 cm³/mol. The zero-order chi connectivity index (χ0) is 16.2. The fourth-order valence-electron chi connectivity index (χ4n) is 2.15. The zero-order valence-electron chi connectivity index (χ0n) is 12.2. The van der Waals surface area contributed by atoms with Gasteiger partial charge in [-0.1, -0.05) is 6.07 Å². The number of nitrogens with zero attached hydrogens (tertiary/aromatic N) is 2. The van der Waals surface area contributed by atoms with Gasteiger partial charge in [0.05, 0.1) is 11.3 Å². The summed E-state index contributed by atoms with van der Waals surface area (Å²) >= 11 is 0. The number of carboxylic acids is 1. The molecular formula is C14H18N2O5. The van der Waals surface area contributed by atoms with Crippen molar-refractivity contribution in [3.05, 3.63) is 39.4 Å². The molecule has 21 heavy (non-hydrogen) atoms. The molecule has 0 spiro atoms. The molecule has 0 saturated carbocycles. The highest BCUT2D eigenvalue weighted by atomic mass is 16.6. The molecule has 0 fully saturated rings. The Balaban J connectivity index is 3.18. The molecule has 0 aliphatic rings. The van der Waals surface area contributed by atoms with E-state index in [0.29, 0.717) is 0 Å². The van der Waals surface area contributed by atoms with Crippen LogP contribution in [0.5, 0.6) is 0 Å². The highest BCUT2D eigenvalue weighted by Crippen LogP contribution is 2.22. The first-order valence-electron chi connectivity index (χ1n) is 6.55. The molecule has 1 amide bonds. The van der Waals surface area contributed by atoms with Crippen LogP contribution in [-0.2, 0) is 4.79 Å². The molecule has 0 aliphatic carbocycles. The monoisotopic (exact) mass is 294 g/mol. The first-order valence-corrected chi connectivity index (χ1v) is 6.55. The first-order chi connectivity index (χ1) is 9.77. The van der Waals surface area contributed by atoms with Gasteiger partial charge in [-0.3, -0.25) is 19.7 Å². The molecule has 0 bridgehead atoms. The summed E-state index contributed by atoms with van der Waals surface area (Å²) in [7, 11) is 0. The van der Waals surface area contributed by atoms with E-state index >= 15 is 0 Å². The van der Waals surface area contributed by atoms with Gasteiger partial charge in [0.15, 0.2) is 0 Å². The van der Waals surface area contributed by atoms with Crippen LogP contribution < -0.4 is 0 Å². The maximum atomic E-state index is 12.5. The molecule has 7 nitrogen and oxygen atoms in total. The van der Waals surface area contributed by atoms with Crippen LogP contribution in [-0.4, -0.2) is 39.4 Å². The summed E-state index contributed by atoms with van der Waals surface area (Å²) in [6.45, 7) is 5.32. The smallest absolute Gasteiger partial charge is 0.305 e. The van der Waals surface area contributed by atoms with Gasteiger partial charge in [0.2, 0.25) is 0 Å². The normalized spacial score (nSPS) is 11.8. The fourth-order valence-corrected chi connectivity index (χ4v) is 2.15. The minimum absolute atomic E-state index is 0.0147. The Bertz CT molecular complexity index is 570. The highest BCUT2D eigenvalue weighted by molar-refractivity contribution is 5.98. The Morgan fingerprint density at radius 2 is 2.05 bits per heavy atom. The molecular weight excluding hydrogens is 276 g/mol. The van der Waals surface area contributed by atoms with Gasteiger partial charge in [0.25, 0.3) is 11.6 Å². The van der Waals surface area contributed by atoms with Crippen LogP contribution in [0.2, 0.25) is 0 Å². The Morgan fingerprint density at radius 1 is 1.43 bits per heavy atom. The number of aryl methyl sites for hydroxylation is 1. The lowest BCUT2D eigenvalue weighted by Gasteiger charge is -2.27. The maximum absolute atomic E-state index is 12.5. The van der Waals surface area contributed by atoms with Crippen molar-refractivity contribution in [3.63, 3.8) is 0 Å². The number of carboxylic acid groups (broad SMARTS) is 1. The van der Waals surface area contributed by atoms with E-state index in [1.807, 2.05) is 0 Å². The van der Waals surface area contributed by atoms with Crippen molar-refractivity contribution in [2.24, 2.45) is 0 Å². The Labute approximate surface area is 122 Å². The number of benzene rings is 1. The standard InChI is InChI=1S/C14H18N2O5/c1-4-15(10(3)8-13(17)18)14(19)11-7-9(2)5-6-12(11)16(20)21/h5-7,10H,4,8H2,1-3H3,(H,17,18). The van der Waals surface area contributed by atoms with Crippen LogP contribution in [0.25, 0.3) is 0 Å². The Morgan fingerprint density at radius 3 is 2.52 bits per heavy atom. The van der Waals surface area contributed by atoms with Crippen molar-refractivity contribution in [1.82, 2.24) is 4.90 Å². The highest BCUT2D eigenvalue weighted by Gasteiger charge is 2.27. The van der Waals surface area contributed by atoms with E-state index in [9.17, 15) is 19.7 Å². The van der Waals surface area contributed by atoms with E-state index in [-0.39, 0.29) is 24.2 Å². The van der Waals surface area contributed by atoms with E-state index in [1.54, 1.807) is 26.8 Å². The number of amides is 1. The van der Waals surface area contributed by atoms with Crippen LogP contribution in [0.15, 0.2) is 18.2 Å². The topological polar surface area (TPSA) is 101 Å². The second-order valence-corrected chi connectivity index (χ2v) is 4.82. The number of nitro benzene ring substituents is 1. The van der Waals surface area contributed by atoms with Gasteiger partial charge in [-0.25, -0.2) is 0 Å². The van der Waals surface area contributed by atoms with Crippen LogP contribution in [0.4, 0.5) is 5.69 Å². The van der Waals surface area contributed by atoms with Crippen molar-refractivity contribution in [2.75, 3.05) is 6.54 Å². The van der Waals surface area contributed by atoms with Gasteiger partial charge in [0, 0.05) is 18.7 Å². The van der Waals surface area contributed by atoms with Gasteiger partial charge in [-0.15, -0.1) is 0 Å². The number of hydrogen-bond donors (Lipinski definition) is 1.